The molecule has 3 nitrogen and oxygen atoms in total. The van der Waals surface area contributed by atoms with Gasteiger partial charge >= 0.3 is 5.97 Å². The third-order valence-corrected chi connectivity index (χ3v) is 3.32. The Kier molecular flexibility index (Phi) is 4.43. The van der Waals surface area contributed by atoms with E-state index in [9.17, 15) is 4.79 Å². The molecule has 0 fully saturated rings. The fourth-order valence-electron chi connectivity index (χ4n) is 1.96. The lowest BCUT2D eigenvalue weighted by Crippen LogP contribution is -1.90. The number of aliphatic carboxylic acids is 1. The molecule has 0 bridgehead atoms. The molecule has 3 heteroatoms. The van der Waals surface area contributed by atoms with E-state index in [0.717, 1.165) is 28.7 Å². The molecule has 108 valence electrons. The topological polar surface area (TPSA) is 46.5 Å². The summed E-state index contributed by atoms with van der Waals surface area (Å²) in [7, 11) is 0. The minimum atomic E-state index is -0.955. The molecule has 0 radical (unpaired) electrons. The van der Waals surface area contributed by atoms with Crippen LogP contribution < -0.4 is 4.74 Å². The molecule has 0 heterocycles. The van der Waals surface area contributed by atoms with Crippen molar-refractivity contribution in [2.75, 3.05) is 0 Å². The third kappa shape index (κ3) is 3.96. The average molecular weight is 282 g/mol. The molecule has 0 saturated carbocycles. The van der Waals surface area contributed by atoms with E-state index in [-0.39, 0.29) is 0 Å². The van der Waals surface area contributed by atoms with Crippen molar-refractivity contribution in [3.63, 3.8) is 0 Å². The number of ether oxygens (including phenoxy) is 1. The molecule has 0 amide bonds. The van der Waals surface area contributed by atoms with Gasteiger partial charge in [-0.15, -0.1) is 0 Å². The van der Waals surface area contributed by atoms with E-state index in [2.05, 4.69) is 13.8 Å². The predicted octanol–water partition coefficient (Wildman–Crippen LogP) is 4.50. The van der Waals surface area contributed by atoms with Gasteiger partial charge in [-0.05, 0) is 73.4 Å². The van der Waals surface area contributed by atoms with Crippen LogP contribution in [0.4, 0.5) is 0 Å². The van der Waals surface area contributed by atoms with Gasteiger partial charge in [0.1, 0.15) is 11.5 Å². The molecule has 21 heavy (non-hydrogen) atoms. The molecule has 2 rings (SSSR count). The zero-order valence-electron chi connectivity index (χ0n) is 12.4. The number of rotatable bonds is 4. The van der Waals surface area contributed by atoms with Crippen molar-refractivity contribution in [2.24, 2.45) is 0 Å². The largest absolute Gasteiger partial charge is 0.478 e. The van der Waals surface area contributed by atoms with Gasteiger partial charge in [-0.1, -0.05) is 12.1 Å². The van der Waals surface area contributed by atoms with Crippen LogP contribution in [0.1, 0.15) is 22.3 Å². The number of benzene rings is 2. The molecule has 0 unspecified atom stereocenters. The maximum atomic E-state index is 10.5. The fourth-order valence-corrected chi connectivity index (χ4v) is 1.96. The van der Waals surface area contributed by atoms with E-state index in [1.807, 2.05) is 43.3 Å². The molecule has 2 aromatic rings. The Bertz CT molecular complexity index is 700. The van der Waals surface area contributed by atoms with E-state index in [1.54, 1.807) is 6.08 Å². The van der Waals surface area contributed by atoms with Crippen LogP contribution in [0.25, 0.3) is 6.08 Å². The molecule has 0 aliphatic carbocycles. The summed E-state index contributed by atoms with van der Waals surface area (Å²) in [5.74, 6) is 0.615. The molecule has 1 N–H and O–H groups in total. The predicted molar refractivity (Wildman–Crippen MR) is 83.8 cm³/mol. The zero-order valence-corrected chi connectivity index (χ0v) is 12.4. The standard InChI is InChI=1S/C18H18O3/c1-12-4-7-16(11-13(12)2)21-17-8-5-15(10-14(17)3)6-9-18(19)20/h4-11H,1-3H3,(H,19,20). The average Bonchev–Trinajstić information content (AvgIpc) is 2.43. The lowest BCUT2D eigenvalue weighted by molar-refractivity contribution is -0.131. The Balaban J connectivity index is 2.21. The highest BCUT2D eigenvalue weighted by atomic mass is 16.5. The van der Waals surface area contributed by atoms with E-state index in [4.69, 9.17) is 9.84 Å². The summed E-state index contributed by atoms with van der Waals surface area (Å²) in [6.07, 6.45) is 2.69. The van der Waals surface area contributed by atoms with Gasteiger partial charge in [0.15, 0.2) is 0 Å². The molecule has 0 spiro atoms. The quantitative estimate of drug-likeness (QED) is 0.840. The van der Waals surface area contributed by atoms with Gasteiger partial charge < -0.3 is 9.84 Å². The van der Waals surface area contributed by atoms with E-state index >= 15 is 0 Å². The molecule has 0 aromatic heterocycles. The van der Waals surface area contributed by atoms with E-state index in [1.165, 1.54) is 11.1 Å². The second kappa shape index (κ2) is 6.27. The number of carboxylic acids is 1. The molecule has 0 aliphatic rings. The fraction of sp³-hybridized carbons (Fsp3) is 0.167. The Labute approximate surface area is 124 Å². The minimum absolute atomic E-state index is 0.769. The summed E-state index contributed by atoms with van der Waals surface area (Å²) in [4.78, 5) is 10.5. The van der Waals surface area contributed by atoms with Crippen LogP contribution in [0.5, 0.6) is 11.5 Å². The van der Waals surface area contributed by atoms with Crippen LogP contribution in [0.2, 0.25) is 0 Å². The highest BCUT2D eigenvalue weighted by Crippen LogP contribution is 2.27. The summed E-state index contributed by atoms with van der Waals surface area (Å²) in [5.41, 5.74) is 4.21. The Morgan fingerprint density at radius 3 is 2.38 bits per heavy atom. The number of aryl methyl sites for hydroxylation is 3. The Hall–Kier alpha value is -2.55. The summed E-state index contributed by atoms with van der Waals surface area (Å²) >= 11 is 0. The summed E-state index contributed by atoms with van der Waals surface area (Å²) in [6.45, 7) is 6.05. The monoisotopic (exact) mass is 282 g/mol. The van der Waals surface area contributed by atoms with Crippen LogP contribution in [0.15, 0.2) is 42.5 Å². The molecule has 0 aliphatic heterocycles. The van der Waals surface area contributed by atoms with Crippen molar-refractivity contribution >= 4 is 12.0 Å². The Morgan fingerprint density at radius 1 is 1.00 bits per heavy atom. The maximum absolute atomic E-state index is 10.5. The molecule has 2 aromatic carbocycles. The lowest BCUT2D eigenvalue weighted by Gasteiger charge is -2.11. The molecule has 0 saturated heterocycles. The molecule has 0 atom stereocenters. The molecular formula is C18H18O3. The summed E-state index contributed by atoms with van der Waals surface area (Å²) in [5, 5.41) is 8.63. The van der Waals surface area contributed by atoms with Gasteiger partial charge in [0.05, 0.1) is 0 Å². The van der Waals surface area contributed by atoms with Crippen molar-refractivity contribution in [1.82, 2.24) is 0 Å². The minimum Gasteiger partial charge on any atom is -0.478 e. The number of hydrogen-bond acceptors (Lipinski definition) is 2. The summed E-state index contributed by atoms with van der Waals surface area (Å²) < 4.78 is 5.89. The van der Waals surface area contributed by atoms with Crippen molar-refractivity contribution in [3.05, 3.63) is 64.7 Å². The highest BCUT2D eigenvalue weighted by molar-refractivity contribution is 5.85. The van der Waals surface area contributed by atoms with Crippen molar-refractivity contribution < 1.29 is 14.6 Å². The van der Waals surface area contributed by atoms with Gasteiger partial charge in [-0.3, -0.25) is 0 Å². The summed E-state index contributed by atoms with van der Waals surface area (Å²) in [6, 6.07) is 11.6. The van der Waals surface area contributed by atoms with Crippen molar-refractivity contribution in [1.29, 1.82) is 0 Å². The first-order chi connectivity index (χ1) is 9.95. The number of carbonyl (C=O) groups is 1. The zero-order chi connectivity index (χ0) is 15.4. The highest BCUT2D eigenvalue weighted by Gasteiger charge is 2.03. The van der Waals surface area contributed by atoms with E-state index in [0.29, 0.717) is 0 Å². The van der Waals surface area contributed by atoms with E-state index < -0.39 is 5.97 Å². The van der Waals surface area contributed by atoms with Gasteiger partial charge in [0, 0.05) is 6.08 Å². The van der Waals surface area contributed by atoms with Crippen molar-refractivity contribution in [2.45, 2.75) is 20.8 Å². The first-order valence-electron chi connectivity index (χ1n) is 6.72. The van der Waals surface area contributed by atoms with Gasteiger partial charge in [-0.25, -0.2) is 4.79 Å². The van der Waals surface area contributed by atoms with Crippen LogP contribution >= 0.6 is 0 Å². The first kappa shape index (κ1) is 14.9. The Morgan fingerprint density at radius 2 is 1.76 bits per heavy atom. The van der Waals surface area contributed by atoms with Gasteiger partial charge in [0.25, 0.3) is 0 Å². The smallest absolute Gasteiger partial charge is 0.328 e. The van der Waals surface area contributed by atoms with Crippen molar-refractivity contribution in [3.8, 4) is 11.5 Å². The normalized spacial score (nSPS) is 10.8. The van der Waals surface area contributed by atoms with Crippen LogP contribution in [0, 0.1) is 20.8 Å². The van der Waals surface area contributed by atoms with Crippen LogP contribution in [0.3, 0.4) is 0 Å². The third-order valence-electron chi connectivity index (χ3n) is 3.32. The second-order valence-electron chi connectivity index (χ2n) is 5.04. The SMILES string of the molecule is Cc1ccc(Oc2ccc(C=CC(=O)O)cc2C)cc1C. The first-order valence-corrected chi connectivity index (χ1v) is 6.72. The second-order valence-corrected chi connectivity index (χ2v) is 5.04. The molecular weight excluding hydrogens is 264 g/mol. The van der Waals surface area contributed by atoms with Crippen LogP contribution in [-0.4, -0.2) is 11.1 Å². The van der Waals surface area contributed by atoms with Gasteiger partial charge in [0.2, 0.25) is 0 Å². The number of hydrogen-bond donors (Lipinski definition) is 1. The number of carboxylic acid groups (broad SMARTS) is 1. The van der Waals surface area contributed by atoms with Crippen LogP contribution in [-0.2, 0) is 4.79 Å². The lowest BCUT2D eigenvalue weighted by atomic mass is 10.1. The van der Waals surface area contributed by atoms with Gasteiger partial charge in [-0.2, -0.15) is 0 Å². The maximum Gasteiger partial charge on any atom is 0.328 e.